The van der Waals surface area contributed by atoms with Crippen LogP contribution in [0.25, 0.3) is 5.69 Å². The molecule has 0 atom stereocenters. The summed E-state index contributed by atoms with van der Waals surface area (Å²) < 4.78 is 51.3. The SMILES string of the molecule is N#Cc1c(F)cccc1-n1cc(C(F)(F)F)cn1. The molecule has 2 rings (SSSR count). The quantitative estimate of drug-likeness (QED) is 0.735. The van der Waals surface area contributed by atoms with Gasteiger partial charge in [0, 0.05) is 6.20 Å². The Hall–Kier alpha value is -2.36. The van der Waals surface area contributed by atoms with Crippen LogP contribution in [-0.4, -0.2) is 9.78 Å². The highest BCUT2D eigenvalue weighted by Crippen LogP contribution is 2.29. The van der Waals surface area contributed by atoms with Gasteiger partial charge in [0.15, 0.2) is 0 Å². The standard InChI is InChI=1S/C11H5F4N3/c12-9-2-1-3-10(8(9)4-16)18-6-7(5-17-18)11(13,14)15/h1-3,5-6H. The zero-order valence-corrected chi connectivity index (χ0v) is 8.74. The topological polar surface area (TPSA) is 41.6 Å². The van der Waals surface area contributed by atoms with Gasteiger partial charge in [-0.25, -0.2) is 9.07 Å². The second-order valence-electron chi connectivity index (χ2n) is 3.42. The number of aromatic nitrogens is 2. The first-order chi connectivity index (χ1) is 8.43. The van der Waals surface area contributed by atoms with Crippen molar-refractivity contribution in [2.24, 2.45) is 0 Å². The first kappa shape index (κ1) is 12.1. The minimum atomic E-state index is -4.53. The number of rotatable bonds is 1. The predicted molar refractivity (Wildman–Crippen MR) is 53.2 cm³/mol. The molecule has 0 fully saturated rings. The molecule has 1 aromatic heterocycles. The lowest BCUT2D eigenvalue weighted by atomic mass is 10.2. The van der Waals surface area contributed by atoms with Crippen LogP contribution in [0.1, 0.15) is 11.1 Å². The lowest BCUT2D eigenvalue weighted by Crippen LogP contribution is -2.03. The summed E-state index contributed by atoms with van der Waals surface area (Å²) in [6.45, 7) is 0. The Balaban J connectivity index is 2.54. The third kappa shape index (κ3) is 2.05. The zero-order valence-electron chi connectivity index (χ0n) is 8.74. The summed E-state index contributed by atoms with van der Waals surface area (Å²) in [6.07, 6.45) is -3.21. The van der Waals surface area contributed by atoms with E-state index in [0.717, 1.165) is 10.7 Å². The van der Waals surface area contributed by atoms with Crippen LogP contribution >= 0.6 is 0 Å². The van der Waals surface area contributed by atoms with Crippen LogP contribution in [0.5, 0.6) is 0 Å². The van der Waals surface area contributed by atoms with Crippen LogP contribution in [0, 0.1) is 17.1 Å². The van der Waals surface area contributed by atoms with E-state index in [9.17, 15) is 17.6 Å². The van der Waals surface area contributed by atoms with Gasteiger partial charge in [-0.3, -0.25) is 0 Å². The molecule has 1 heterocycles. The molecule has 92 valence electrons. The van der Waals surface area contributed by atoms with Crippen molar-refractivity contribution in [2.75, 3.05) is 0 Å². The highest BCUT2D eigenvalue weighted by Gasteiger charge is 2.32. The second kappa shape index (κ2) is 4.14. The molecule has 0 aliphatic carbocycles. The summed E-state index contributed by atoms with van der Waals surface area (Å²) in [5, 5.41) is 12.3. The Labute approximate surface area is 98.9 Å². The summed E-state index contributed by atoms with van der Waals surface area (Å²) in [7, 11) is 0. The van der Waals surface area contributed by atoms with E-state index >= 15 is 0 Å². The normalized spacial score (nSPS) is 11.3. The number of hydrogen-bond donors (Lipinski definition) is 0. The monoisotopic (exact) mass is 255 g/mol. The smallest absolute Gasteiger partial charge is 0.239 e. The second-order valence-corrected chi connectivity index (χ2v) is 3.42. The van der Waals surface area contributed by atoms with Gasteiger partial charge in [-0.2, -0.15) is 23.5 Å². The fourth-order valence-electron chi connectivity index (χ4n) is 1.42. The van der Waals surface area contributed by atoms with E-state index in [2.05, 4.69) is 5.10 Å². The first-order valence-corrected chi connectivity index (χ1v) is 4.74. The molecule has 7 heteroatoms. The van der Waals surface area contributed by atoms with E-state index in [0.29, 0.717) is 12.4 Å². The Morgan fingerprint density at radius 3 is 2.56 bits per heavy atom. The average molecular weight is 255 g/mol. The van der Waals surface area contributed by atoms with Crippen molar-refractivity contribution in [1.82, 2.24) is 9.78 Å². The van der Waals surface area contributed by atoms with Crippen molar-refractivity contribution in [3.05, 3.63) is 47.5 Å². The molecule has 0 aliphatic heterocycles. The van der Waals surface area contributed by atoms with Crippen molar-refractivity contribution >= 4 is 0 Å². The summed E-state index contributed by atoms with van der Waals surface area (Å²) in [4.78, 5) is 0. The largest absolute Gasteiger partial charge is 0.419 e. The molecule has 18 heavy (non-hydrogen) atoms. The number of halogens is 4. The van der Waals surface area contributed by atoms with Crippen LogP contribution in [0.3, 0.4) is 0 Å². The van der Waals surface area contributed by atoms with E-state index in [1.54, 1.807) is 6.07 Å². The molecule has 0 aliphatic rings. The minimum Gasteiger partial charge on any atom is -0.239 e. The van der Waals surface area contributed by atoms with Crippen LogP contribution in [-0.2, 0) is 6.18 Å². The van der Waals surface area contributed by atoms with Gasteiger partial charge in [0.25, 0.3) is 0 Å². The fraction of sp³-hybridized carbons (Fsp3) is 0.0909. The molecule has 0 spiro atoms. The average Bonchev–Trinajstić information content (AvgIpc) is 2.77. The minimum absolute atomic E-state index is 0.0343. The van der Waals surface area contributed by atoms with Crippen molar-refractivity contribution in [2.45, 2.75) is 6.18 Å². The Morgan fingerprint density at radius 2 is 2.00 bits per heavy atom. The molecule has 1 aromatic carbocycles. The fourth-order valence-corrected chi connectivity index (χ4v) is 1.42. The number of hydrogen-bond acceptors (Lipinski definition) is 2. The van der Waals surface area contributed by atoms with E-state index in [-0.39, 0.29) is 11.3 Å². The van der Waals surface area contributed by atoms with E-state index in [1.165, 1.54) is 12.1 Å². The van der Waals surface area contributed by atoms with Gasteiger partial charge in [0.2, 0.25) is 0 Å². The number of nitrogens with zero attached hydrogens (tertiary/aromatic N) is 3. The molecule has 0 radical (unpaired) electrons. The number of alkyl halides is 3. The summed E-state index contributed by atoms with van der Waals surface area (Å²) in [5.74, 6) is -0.806. The van der Waals surface area contributed by atoms with E-state index in [4.69, 9.17) is 5.26 Å². The molecule has 0 unspecified atom stereocenters. The van der Waals surface area contributed by atoms with Crippen molar-refractivity contribution in [3.63, 3.8) is 0 Å². The van der Waals surface area contributed by atoms with Gasteiger partial charge in [0.1, 0.15) is 17.4 Å². The summed E-state index contributed by atoms with van der Waals surface area (Å²) in [5.41, 5.74) is -1.35. The molecular formula is C11H5F4N3. The Bertz CT molecular complexity index is 622. The van der Waals surface area contributed by atoms with Gasteiger partial charge >= 0.3 is 6.18 Å². The molecule has 0 N–H and O–H groups in total. The van der Waals surface area contributed by atoms with Crippen LogP contribution in [0.2, 0.25) is 0 Å². The van der Waals surface area contributed by atoms with Gasteiger partial charge < -0.3 is 0 Å². The Kier molecular flexibility index (Phi) is 2.79. The molecule has 0 bridgehead atoms. The predicted octanol–water partition coefficient (Wildman–Crippen LogP) is 2.90. The lowest BCUT2D eigenvalue weighted by molar-refractivity contribution is -0.137. The molecule has 0 saturated heterocycles. The van der Waals surface area contributed by atoms with Gasteiger partial charge in [-0.1, -0.05) is 6.07 Å². The first-order valence-electron chi connectivity index (χ1n) is 4.74. The molecule has 2 aromatic rings. The third-order valence-corrected chi connectivity index (χ3v) is 2.26. The van der Waals surface area contributed by atoms with Gasteiger partial charge in [-0.15, -0.1) is 0 Å². The molecule has 0 amide bonds. The van der Waals surface area contributed by atoms with Crippen molar-refractivity contribution in [3.8, 4) is 11.8 Å². The van der Waals surface area contributed by atoms with Crippen molar-refractivity contribution < 1.29 is 17.6 Å². The molecule has 3 nitrogen and oxygen atoms in total. The van der Waals surface area contributed by atoms with Gasteiger partial charge in [0.05, 0.1) is 17.4 Å². The highest BCUT2D eigenvalue weighted by molar-refractivity contribution is 5.49. The van der Waals surface area contributed by atoms with Crippen LogP contribution in [0.4, 0.5) is 17.6 Å². The van der Waals surface area contributed by atoms with Crippen LogP contribution in [0.15, 0.2) is 30.6 Å². The highest BCUT2D eigenvalue weighted by atomic mass is 19.4. The van der Waals surface area contributed by atoms with Crippen LogP contribution < -0.4 is 0 Å². The summed E-state index contributed by atoms with van der Waals surface area (Å²) in [6, 6.07) is 5.25. The maximum absolute atomic E-state index is 13.3. The maximum Gasteiger partial charge on any atom is 0.419 e. The summed E-state index contributed by atoms with van der Waals surface area (Å²) >= 11 is 0. The molecule has 0 saturated carbocycles. The van der Waals surface area contributed by atoms with E-state index in [1.807, 2.05) is 0 Å². The third-order valence-electron chi connectivity index (χ3n) is 2.26. The number of benzene rings is 1. The molecular weight excluding hydrogens is 250 g/mol. The van der Waals surface area contributed by atoms with Gasteiger partial charge in [-0.05, 0) is 12.1 Å². The van der Waals surface area contributed by atoms with E-state index < -0.39 is 17.6 Å². The van der Waals surface area contributed by atoms with Crippen molar-refractivity contribution in [1.29, 1.82) is 5.26 Å². The maximum atomic E-state index is 13.3. The number of nitriles is 1. The Morgan fingerprint density at radius 1 is 1.28 bits per heavy atom. The lowest BCUT2D eigenvalue weighted by Gasteiger charge is -2.04. The zero-order chi connectivity index (χ0) is 13.3.